The number of amides is 2. The van der Waals surface area contributed by atoms with Gasteiger partial charge in [-0.05, 0) is 42.5 Å². The van der Waals surface area contributed by atoms with Gasteiger partial charge in [-0.2, -0.15) is 5.10 Å². The Hall–Kier alpha value is -4.33. The predicted molar refractivity (Wildman–Crippen MR) is 112 cm³/mol. The zero-order valence-corrected chi connectivity index (χ0v) is 16.0. The van der Waals surface area contributed by atoms with Gasteiger partial charge in [-0.3, -0.25) is 9.59 Å². The fourth-order valence-electron chi connectivity index (χ4n) is 3.09. The van der Waals surface area contributed by atoms with Crippen molar-refractivity contribution in [2.75, 3.05) is 0 Å². The Kier molecular flexibility index (Phi) is 5.04. The molecule has 2 heterocycles. The van der Waals surface area contributed by atoms with Crippen molar-refractivity contribution in [3.05, 3.63) is 84.7 Å². The van der Waals surface area contributed by atoms with Crippen LogP contribution in [0.5, 0.6) is 11.5 Å². The number of primary amides is 1. The maximum Gasteiger partial charge on any atom is 0.254 e. The van der Waals surface area contributed by atoms with Gasteiger partial charge in [0.05, 0.1) is 12.2 Å². The molecule has 0 radical (unpaired) electrons. The summed E-state index contributed by atoms with van der Waals surface area (Å²) in [4.78, 5) is 26.6. The lowest BCUT2D eigenvalue weighted by atomic mass is 10.1. The van der Waals surface area contributed by atoms with Crippen LogP contribution in [0.15, 0.2) is 73.4 Å². The molecule has 4 aromatic rings. The van der Waals surface area contributed by atoms with Crippen LogP contribution in [-0.4, -0.2) is 26.4 Å². The molecule has 0 bridgehead atoms. The van der Waals surface area contributed by atoms with Crippen molar-refractivity contribution in [2.24, 2.45) is 5.73 Å². The number of hydrogen-bond acceptors (Lipinski definition) is 4. The fourth-order valence-corrected chi connectivity index (χ4v) is 3.09. The van der Waals surface area contributed by atoms with Crippen molar-refractivity contribution >= 4 is 17.5 Å². The van der Waals surface area contributed by atoms with E-state index in [9.17, 15) is 9.59 Å². The van der Waals surface area contributed by atoms with Gasteiger partial charge in [0.1, 0.15) is 28.4 Å². The number of nitrogens with one attached hydrogen (secondary N) is 2. The lowest BCUT2D eigenvalue weighted by Gasteiger charge is -2.06. The van der Waals surface area contributed by atoms with Crippen LogP contribution >= 0.6 is 0 Å². The molecular formula is C22H19N5O3. The minimum Gasteiger partial charge on any atom is -0.457 e. The van der Waals surface area contributed by atoms with Crippen molar-refractivity contribution in [1.82, 2.24) is 19.9 Å². The Morgan fingerprint density at radius 2 is 1.83 bits per heavy atom. The van der Waals surface area contributed by atoms with Crippen LogP contribution in [0.2, 0.25) is 0 Å². The number of aromatic amines is 1. The lowest BCUT2D eigenvalue weighted by Crippen LogP contribution is -2.20. The molecule has 0 saturated heterocycles. The number of H-pyrrole nitrogens is 1. The molecule has 30 heavy (non-hydrogen) atoms. The monoisotopic (exact) mass is 401 g/mol. The molecule has 0 aliphatic rings. The van der Waals surface area contributed by atoms with Crippen LogP contribution < -0.4 is 15.8 Å². The van der Waals surface area contributed by atoms with Gasteiger partial charge in [0, 0.05) is 11.8 Å². The molecule has 150 valence electrons. The standard InChI is InChI=1S/C22H19N5O3/c1-2-18(28)24-12-15-13-25-22-19(21(23)29)20(26-27(15)22)14-8-10-17(11-9-14)30-16-6-4-3-5-7-16/h2-11,13,25H,1,12H2,(H2,23,29)(H,24,28). The number of hydrogen-bond donors (Lipinski definition) is 3. The first-order valence-corrected chi connectivity index (χ1v) is 9.19. The second kappa shape index (κ2) is 7.96. The van der Waals surface area contributed by atoms with Gasteiger partial charge in [-0.15, -0.1) is 0 Å². The molecule has 0 unspecified atom stereocenters. The van der Waals surface area contributed by atoms with Gasteiger partial charge < -0.3 is 20.8 Å². The molecule has 0 aliphatic heterocycles. The number of nitrogens with zero attached hydrogens (tertiary/aromatic N) is 2. The first kappa shape index (κ1) is 19.0. The van der Waals surface area contributed by atoms with E-state index in [-0.39, 0.29) is 18.0 Å². The Morgan fingerprint density at radius 1 is 1.13 bits per heavy atom. The topological polar surface area (TPSA) is 115 Å². The van der Waals surface area contributed by atoms with Gasteiger partial charge in [0.25, 0.3) is 5.91 Å². The van der Waals surface area contributed by atoms with E-state index in [0.717, 1.165) is 5.75 Å². The van der Waals surface area contributed by atoms with Gasteiger partial charge in [0.2, 0.25) is 5.91 Å². The predicted octanol–water partition coefficient (Wildman–Crippen LogP) is 3.02. The van der Waals surface area contributed by atoms with E-state index >= 15 is 0 Å². The van der Waals surface area contributed by atoms with E-state index in [1.54, 1.807) is 22.8 Å². The third-order valence-corrected chi connectivity index (χ3v) is 4.52. The number of imidazole rings is 1. The third kappa shape index (κ3) is 3.66. The Balaban J connectivity index is 1.66. The summed E-state index contributed by atoms with van der Waals surface area (Å²) in [5, 5.41) is 7.23. The summed E-state index contributed by atoms with van der Waals surface area (Å²) in [6.45, 7) is 3.64. The van der Waals surface area contributed by atoms with Crippen molar-refractivity contribution < 1.29 is 14.3 Å². The second-order valence-corrected chi connectivity index (χ2v) is 6.49. The minimum absolute atomic E-state index is 0.216. The number of para-hydroxylation sites is 1. The van der Waals surface area contributed by atoms with Crippen molar-refractivity contribution in [3.63, 3.8) is 0 Å². The molecule has 0 atom stereocenters. The summed E-state index contributed by atoms with van der Waals surface area (Å²) in [6.07, 6.45) is 2.85. The summed E-state index contributed by atoms with van der Waals surface area (Å²) in [7, 11) is 0. The van der Waals surface area contributed by atoms with E-state index in [0.29, 0.717) is 28.3 Å². The number of rotatable bonds is 7. The summed E-state index contributed by atoms with van der Waals surface area (Å²) >= 11 is 0. The van der Waals surface area contributed by atoms with Crippen LogP contribution in [0.3, 0.4) is 0 Å². The number of aromatic nitrogens is 3. The van der Waals surface area contributed by atoms with Crippen LogP contribution in [0.4, 0.5) is 0 Å². The molecule has 2 amide bonds. The van der Waals surface area contributed by atoms with Crippen molar-refractivity contribution in [1.29, 1.82) is 0 Å². The van der Waals surface area contributed by atoms with E-state index in [2.05, 4.69) is 22.0 Å². The molecule has 4 N–H and O–H groups in total. The molecule has 2 aromatic heterocycles. The smallest absolute Gasteiger partial charge is 0.254 e. The van der Waals surface area contributed by atoms with E-state index in [1.807, 2.05) is 42.5 Å². The van der Waals surface area contributed by atoms with Crippen LogP contribution in [-0.2, 0) is 11.3 Å². The normalized spacial score (nSPS) is 10.7. The van der Waals surface area contributed by atoms with Gasteiger partial charge in [-0.25, -0.2) is 4.52 Å². The molecule has 8 heteroatoms. The molecule has 0 fully saturated rings. The molecule has 0 spiro atoms. The number of benzene rings is 2. The summed E-state index contributed by atoms with van der Waals surface area (Å²) < 4.78 is 7.37. The highest BCUT2D eigenvalue weighted by Crippen LogP contribution is 2.29. The summed E-state index contributed by atoms with van der Waals surface area (Å²) in [6, 6.07) is 16.7. The summed E-state index contributed by atoms with van der Waals surface area (Å²) in [5.41, 5.74) is 8.18. The maximum atomic E-state index is 12.1. The number of carbonyl (C=O) groups is 2. The second-order valence-electron chi connectivity index (χ2n) is 6.49. The number of fused-ring (bicyclic) bond motifs is 1. The zero-order valence-electron chi connectivity index (χ0n) is 16.0. The Morgan fingerprint density at radius 3 is 2.50 bits per heavy atom. The van der Waals surface area contributed by atoms with Crippen LogP contribution in [0.25, 0.3) is 16.9 Å². The van der Waals surface area contributed by atoms with E-state index in [1.165, 1.54) is 6.08 Å². The van der Waals surface area contributed by atoms with Gasteiger partial charge >= 0.3 is 0 Å². The highest BCUT2D eigenvalue weighted by atomic mass is 16.5. The SMILES string of the molecule is C=CC(=O)NCc1c[nH]c2c(C(N)=O)c(-c3ccc(Oc4ccccc4)cc3)nn12. The highest BCUT2D eigenvalue weighted by Gasteiger charge is 2.22. The van der Waals surface area contributed by atoms with E-state index in [4.69, 9.17) is 10.5 Å². The largest absolute Gasteiger partial charge is 0.457 e. The minimum atomic E-state index is -0.604. The first-order chi connectivity index (χ1) is 14.6. The molecule has 0 aliphatic carbocycles. The Labute approximate surface area is 172 Å². The van der Waals surface area contributed by atoms with Crippen molar-refractivity contribution in [3.8, 4) is 22.8 Å². The number of ether oxygens (including phenoxy) is 1. The molecule has 0 saturated carbocycles. The average Bonchev–Trinajstić information content (AvgIpc) is 3.32. The maximum absolute atomic E-state index is 12.1. The molecule has 4 rings (SSSR count). The van der Waals surface area contributed by atoms with Crippen LogP contribution in [0.1, 0.15) is 16.1 Å². The third-order valence-electron chi connectivity index (χ3n) is 4.52. The van der Waals surface area contributed by atoms with Crippen LogP contribution in [0, 0.1) is 0 Å². The number of nitrogens with two attached hydrogens (primary N) is 1. The molecular weight excluding hydrogens is 382 g/mol. The highest BCUT2D eigenvalue weighted by molar-refractivity contribution is 6.04. The van der Waals surface area contributed by atoms with Gasteiger partial charge in [0.15, 0.2) is 0 Å². The summed E-state index contributed by atoms with van der Waals surface area (Å²) in [5.74, 6) is 0.474. The lowest BCUT2D eigenvalue weighted by molar-refractivity contribution is -0.116. The fraction of sp³-hybridized carbons (Fsp3) is 0.0455. The molecule has 2 aromatic carbocycles. The number of carbonyl (C=O) groups excluding carboxylic acids is 2. The molecule has 8 nitrogen and oxygen atoms in total. The first-order valence-electron chi connectivity index (χ1n) is 9.19. The van der Waals surface area contributed by atoms with Crippen molar-refractivity contribution in [2.45, 2.75) is 6.54 Å². The zero-order chi connectivity index (χ0) is 21.1. The van der Waals surface area contributed by atoms with E-state index < -0.39 is 5.91 Å². The van der Waals surface area contributed by atoms with Gasteiger partial charge in [-0.1, -0.05) is 24.8 Å². The average molecular weight is 401 g/mol. The quantitative estimate of drug-likeness (QED) is 0.413. The Bertz CT molecular complexity index is 1220.